The van der Waals surface area contributed by atoms with E-state index in [4.69, 9.17) is 4.42 Å². The van der Waals surface area contributed by atoms with Crippen LogP contribution in [0.3, 0.4) is 0 Å². The van der Waals surface area contributed by atoms with Gasteiger partial charge >= 0.3 is 0 Å². The molecule has 0 amide bonds. The van der Waals surface area contributed by atoms with Crippen LogP contribution in [-0.4, -0.2) is 26.1 Å². The van der Waals surface area contributed by atoms with Gasteiger partial charge in [-0.15, -0.1) is 0 Å². The van der Waals surface area contributed by atoms with Gasteiger partial charge in [-0.1, -0.05) is 24.3 Å². The highest BCUT2D eigenvalue weighted by Crippen LogP contribution is 2.31. The lowest BCUT2D eigenvalue weighted by molar-refractivity contribution is 0.0990. The predicted octanol–water partition coefficient (Wildman–Crippen LogP) is 3.49. The first-order valence-corrected chi connectivity index (χ1v) is 8.16. The SMILES string of the molecule is Cc1nc2oc(C=C3C(=O)c4cc5ccccc5cc4C3=O)nc2n1C. The zero-order valence-electron chi connectivity index (χ0n) is 14.1. The second-order valence-electron chi connectivity index (χ2n) is 6.36. The molecule has 2 aromatic carbocycles. The van der Waals surface area contributed by atoms with Crippen LogP contribution in [0.25, 0.3) is 28.2 Å². The van der Waals surface area contributed by atoms with Gasteiger partial charge in [0.05, 0.1) is 5.57 Å². The number of ketones is 2. The number of Topliss-reactive ketones (excluding diaryl/α,β-unsaturated/α-hetero) is 2. The molecule has 0 N–H and O–H groups in total. The quantitative estimate of drug-likeness (QED) is 0.390. The molecule has 26 heavy (non-hydrogen) atoms. The maximum Gasteiger partial charge on any atom is 0.266 e. The first-order valence-electron chi connectivity index (χ1n) is 8.16. The van der Waals surface area contributed by atoms with Crippen LogP contribution in [0, 0.1) is 6.92 Å². The van der Waals surface area contributed by atoms with Crippen molar-refractivity contribution in [2.45, 2.75) is 6.92 Å². The van der Waals surface area contributed by atoms with Crippen LogP contribution in [-0.2, 0) is 7.05 Å². The van der Waals surface area contributed by atoms with Crippen molar-refractivity contribution in [1.29, 1.82) is 0 Å². The summed E-state index contributed by atoms with van der Waals surface area (Å²) in [6.07, 6.45) is 1.41. The fourth-order valence-corrected chi connectivity index (χ4v) is 3.31. The average Bonchev–Trinajstić information content (AvgIpc) is 3.22. The van der Waals surface area contributed by atoms with Crippen molar-refractivity contribution >= 4 is 39.8 Å². The van der Waals surface area contributed by atoms with Gasteiger partial charge in [0, 0.05) is 24.3 Å². The lowest BCUT2D eigenvalue weighted by atomic mass is 10.0. The van der Waals surface area contributed by atoms with Gasteiger partial charge in [0.25, 0.3) is 5.71 Å². The molecule has 2 aromatic heterocycles. The Morgan fingerprint density at radius 1 is 1.00 bits per heavy atom. The Kier molecular flexibility index (Phi) is 2.83. The molecule has 0 saturated heterocycles. The summed E-state index contributed by atoms with van der Waals surface area (Å²) in [7, 11) is 1.83. The molecule has 0 aliphatic heterocycles. The van der Waals surface area contributed by atoms with Crippen molar-refractivity contribution in [3.8, 4) is 0 Å². The van der Waals surface area contributed by atoms with E-state index in [1.807, 2.05) is 38.2 Å². The number of allylic oxidation sites excluding steroid dienone is 1. The average molecular weight is 343 g/mol. The summed E-state index contributed by atoms with van der Waals surface area (Å²) in [6.45, 7) is 1.85. The molecule has 1 aliphatic carbocycles. The minimum absolute atomic E-state index is 0.0681. The molecule has 1 aliphatic rings. The number of fused-ring (bicyclic) bond motifs is 3. The van der Waals surface area contributed by atoms with Crippen LogP contribution in [0.2, 0.25) is 0 Å². The van der Waals surface area contributed by atoms with Gasteiger partial charge in [-0.3, -0.25) is 9.59 Å². The minimum atomic E-state index is -0.304. The highest BCUT2D eigenvalue weighted by atomic mass is 16.4. The van der Waals surface area contributed by atoms with E-state index in [9.17, 15) is 9.59 Å². The number of nitrogens with zero attached hydrogens (tertiary/aromatic N) is 3. The van der Waals surface area contributed by atoms with Crippen molar-refractivity contribution in [3.63, 3.8) is 0 Å². The molecule has 5 rings (SSSR count). The van der Waals surface area contributed by atoms with Gasteiger partial charge in [-0.2, -0.15) is 9.97 Å². The molecule has 0 fully saturated rings. The van der Waals surface area contributed by atoms with Gasteiger partial charge in [-0.05, 0) is 29.8 Å². The van der Waals surface area contributed by atoms with E-state index < -0.39 is 0 Å². The number of carbonyl (C=O) groups excluding carboxylic acids is 2. The molecular formula is C20H13N3O3. The smallest absolute Gasteiger partial charge is 0.266 e. The maximum absolute atomic E-state index is 12.8. The van der Waals surface area contributed by atoms with E-state index in [1.54, 1.807) is 16.7 Å². The number of aromatic nitrogens is 3. The van der Waals surface area contributed by atoms with Gasteiger partial charge < -0.3 is 8.98 Å². The van der Waals surface area contributed by atoms with E-state index in [1.165, 1.54) is 6.08 Å². The summed E-state index contributed by atoms with van der Waals surface area (Å²) in [6, 6.07) is 11.2. The molecular weight excluding hydrogens is 330 g/mol. The van der Waals surface area contributed by atoms with Crippen molar-refractivity contribution in [2.75, 3.05) is 0 Å². The standard InChI is InChI=1S/C20H13N3O3/c1-10-21-20-19(23(10)2)22-16(26-20)9-15-17(24)13-7-11-5-3-4-6-12(11)8-14(13)18(15)25/h3-9H,1-2H3. The van der Waals surface area contributed by atoms with Gasteiger partial charge in [-0.25, -0.2) is 0 Å². The first kappa shape index (κ1) is 14.8. The summed E-state index contributed by atoms with van der Waals surface area (Å²) >= 11 is 0. The van der Waals surface area contributed by atoms with E-state index >= 15 is 0 Å². The number of hydrogen-bond donors (Lipinski definition) is 0. The number of imidazole rings is 1. The molecule has 126 valence electrons. The zero-order chi connectivity index (χ0) is 18.0. The highest BCUT2D eigenvalue weighted by Gasteiger charge is 2.34. The van der Waals surface area contributed by atoms with E-state index in [2.05, 4.69) is 9.97 Å². The van der Waals surface area contributed by atoms with Crippen LogP contribution in [0.15, 0.2) is 46.4 Å². The van der Waals surface area contributed by atoms with E-state index in [0.717, 1.165) is 16.6 Å². The molecule has 0 unspecified atom stereocenters. The second kappa shape index (κ2) is 4.98. The second-order valence-corrected chi connectivity index (χ2v) is 6.36. The molecule has 0 radical (unpaired) electrons. The maximum atomic E-state index is 12.8. The Hall–Kier alpha value is -3.54. The third-order valence-corrected chi connectivity index (χ3v) is 4.81. The molecule has 2 heterocycles. The molecule has 6 heteroatoms. The summed E-state index contributed by atoms with van der Waals surface area (Å²) in [5.41, 5.74) is 1.88. The fraction of sp³-hybridized carbons (Fsp3) is 0.100. The van der Waals surface area contributed by atoms with Crippen LogP contribution < -0.4 is 0 Å². The summed E-state index contributed by atoms with van der Waals surface area (Å²) < 4.78 is 7.37. The van der Waals surface area contributed by atoms with Crippen LogP contribution in [0.5, 0.6) is 0 Å². The number of benzene rings is 2. The Bertz CT molecular complexity index is 1230. The van der Waals surface area contributed by atoms with Crippen LogP contribution in [0.4, 0.5) is 0 Å². The third kappa shape index (κ3) is 1.92. The Balaban J connectivity index is 1.64. The zero-order valence-corrected chi connectivity index (χ0v) is 14.1. The number of oxazole rings is 1. The Labute approximate surface area is 147 Å². The molecule has 6 nitrogen and oxygen atoms in total. The first-order chi connectivity index (χ1) is 12.5. The van der Waals surface area contributed by atoms with E-state index in [-0.39, 0.29) is 23.0 Å². The van der Waals surface area contributed by atoms with Gasteiger partial charge in [0.2, 0.25) is 11.5 Å². The fourth-order valence-electron chi connectivity index (χ4n) is 3.31. The van der Waals surface area contributed by atoms with Crippen LogP contribution in [0.1, 0.15) is 32.4 Å². The lowest BCUT2D eigenvalue weighted by Crippen LogP contribution is -2.00. The van der Waals surface area contributed by atoms with Crippen molar-refractivity contribution < 1.29 is 14.0 Å². The highest BCUT2D eigenvalue weighted by molar-refractivity contribution is 6.41. The number of hydrogen-bond acceptors (Lipinski definition) is 5. The van der Waals surface area contributed by atoms with E-state index in [0.29, 0.717) is 22.5 Å². The lowest BCUT2D eigenvalue weighted by Gasteiger charge is -2.00. The van der Waals surface area contributed by atoms with Crippen molar-refractivity contribution in [3.05, 3.63) is 64.8 Å². The largest absolute Gasteiger partial charge is 0.417 e. The van der Waals surface area contributed by atoms with Gasteiger partial charge in [0.1, 0.15) is 5.82 Å². The summed E-state index contributed by atoms with van der Waals surface area (Å²) in [5, 5.41) is 1.85. The third-order valence-electron chi connectivity index (χ3n) is 4.81. The number of aryl methyl sites for hydroxylation is 2. The molecule has 0 atom stereocenters. The number of rotatable bonds is 1. The summed E-state index contributed by atoms with van der Waals surface area (Å²) in [5.74, 6) is 0.369. The molecule has 4 aromatic rings. The van der Waals surface area contributed by atoms with Crippen molar-refractivity contribution in [1.82, 2.24) is 14.5 Å². The molecule has 0 bridgehead atoms. The van der Waals surface area contributed by atoms with Crippen molar-refractivity contribution in [2.24, 2.45) is 7.05 Å². The minimum Gasteiger partial charge on any atom is -0.417 e. The van der Waals surface area contributed by atoms with Gasteiger partial charge in [0.15, 0.2) is 11.6 Å². The topological polar surface area (TPSA) is 78.0 Å². The normalized spacial score (nSPS) is 13.8. The Morgan fingerprint density at radius 2 is 1.62 bits per heavy atom. The molecule has 0 spiro atoms. The molecule has 0 saturated carbocycles. The number of carbonyl (C=O) groups is 2. The Morgan fingerprint density at radius 3 is 2.19 bits per heavy atom. The predicted molar refractivity (Wildman–Crippen MR) is 96.1 cm³/mol. The monoisotopic (exact) mass is 343 g/mol. The van der Waals surface area contributed by atoms with Crippen LogP contribution >= 0.6 is 0 Å². The summed E-state index contributed by atoms with van der Waals surface area (Å²) in [4.78, 5) is 34.1.